The fraction of sp³-hybridized carbons (Fsp3) is 0.640. The van der Waals surface area contributed by atoms with E-state index in [-0.39, 0.29) is 35.6 Å². The quantitative estimate of drug-likeness (QED) is 0.484. The molecule has 0 saturated heterocycles. The molecule has 0 spiro atoms. The Balaban J connectivity index is 1.94. The van der Waals surface area contributed by atoms with Crippen molar-refractivity contribution in [1.29, 1.82) is 0 Å². The van der Waals surface area contributed by atoms with Crippen LogP contribution < -0.4 is 4.74 Å². The Morgan fingerprint density at radius 1 is 1.27 bits per heavy atom. The number of unbranched alkanes of at least 4 members (excludes halogenated alkanes) is 2. The minimum Gasteiger partial charge on any atom is -0.508 e. The van der Waals surface area contributed by atoms with Crippen LogP contribution in [0, 0.1) is 5.92 Å². The zero-order chi connectivity index (χ0) is 22.1. The van der Waals surface area contributed by atoms with E-state index in [0.717, 1.165) is 49.0 Å². The van der Waals surface area contributed by atoms with Crippen molar-refractivity contribution in [2.24, 2.45) is 5.92 Å². The van der Waals surface area contributed by atoms with E-state index in [1.807, 2.05) is 12.1 Å². The second-order valence-corrected chi connectivity index (χ2v) is 9.90. The van der Waals surface area contributed by atoms with Crippen molar-refractivity contribution in [1.82, 2.24) is 0 Å². The summed E-state index contributed by atoms with van der Waals surface area (Å²) < 4.78 is 11.4. The summed E-state index contributed by atoms with van der Waals surface area (Å²) in [5.41, 5.74) is 2.03. The Hall–Kier alpha value is -2.01. The van der Waals surface area contributed by atoms with E-state index >= 15 is 0 Å². The standard InChI is InChI=1S/C25H36O5/c1-24(2,11-7-6-8-12-26)17-14-20(27)22-18-13-16(23(28)29-5)9-10-19(18)25(3,4)30-21(22)15-17/h9,14-15,18-19,26-27H,6-8,10-13H2,1-5H3. The van der Waals surface area contributed by atoms with Crippen LogP contribution in [0.3, 0.4) is 0 Å². The molecule has 1 aromatic carbocycles. The van der Waals surface area contributed by atoms with Crippen molar-refractivity contribution in [2.45, 2.75) is 83.2 Å². The minimum atomic E-state index is -0.397. The zero-order valence-corrected chi connectivity index (χ0v) is 19.0. The van der Waals surface area contributed by atoms with Crippen LogP contribution in [0.2, 0.25) is 0 Å². The van der Waals surface area contributed by atoms with E-state index < -0.39 is 5.60 Å². The zero-order valence-electron chi connectivity index (χ0n) is 19.0. The molecule has 0 amide bonds. The first-order valence-electron chi connectivity index (χ1n) is 11.1. The third-order valence-electron chi connectivity index (χ3n) is 6.99. The number of esters is 1. The summed E-state index contributed by atoms with van der Waals surface area (Å²) in [7, 11) is 1.41. The normalized spacial score (nSPS) is 22.4. The maximum Gasteiger partial charge on any atom is 0.333 e. The van der Waals surface area contributed by atoms with Crippen LogP contribution in [0.4, 0.5) is 0 Å². The molecule has 0 fully saturated rings. The number of methoxy groups -OCH3 is 1. The molecule has 166 valence electrons. The topological polar surface area (TPSA) is 76.0 Å². The van der Waals surface area contributed by atoms with Gasteiger partial charge in [-0.15, -0.1) is 0 Å². The molecule has 2 aliphatic rings. The van der Waals surface area contributed by atoms with Crippen molar-refractivity contribution in [2.75, 3.05) is 13.7 Å². The number of aliphatic hydroxyl groups is 1. The lowest BCUT2D eigenvalue weighted by molar-refractivity contribution is -0.136. The number of phenolic OH excluding ortho intramolecular Hbond substituents is 1. The molecule has 5 nitrogen and oxygen atoms in total. The van der Waals surface area contributed by atoms with Gasteiger partial charge in [-0.25, -0.2) is 4.79 Å². The van der Waals surface area contributed by atoms with Crippen molar-refractivity contribution in [3.63, 3.8) is 0 Å². The molecule has 1 aliphatic heterocycles. The molecule has 3 rings (SSSR count). The minimum absolute atomic E-state index is 0.0181. The first kappa shape index (κ1) is 22.7. The molecule has 0 aromatic heterocycles. The van der Waals surface area contributed by atoms with Gasteiger partial charge in [-0.2, -0.15) is 0 Å². The van der Waals surface area contributed by atoms with Gasteiger partial charge in [-0.3, -0.25) is 0 Å². The van der Waals surface area contributed by atoms with E-state index in [4.69, 9.17) is 14.6 Å². The van der Waals surface area contributed by atoms with Crippen LogP contribution in [-0.2, 0) is 14.9 Å². The predicted molar refractivity (Wildman–Crippen MR) is 117 cm³/mol. The Labute approximate surface area is 180 Å². The fourth-order valence-electron chi connectivity index (χ4n) is 5.08. The van der Waals surface area contributed by atoms with Gasteiger partial charge in [0.2, 0.25) is 0 Å². The van der Waals surface area contributed by atoms with E-state index in [2.05, 4.69) is 33.8 Å². The first-order valence-corrected chi connectivity index (χ1v) is 11.1. The lowest BCUT2D eigenvalue weighted by Gasteiger charge is -2.47. The summed E-state index contributed by atoms with van der Waals surface area (Å²) in [4.78, 5) is 12.1. The van der Waals surface area contributed by atoms with Crippen molar-refractivity contribution < 1.29 is 24.5 Å². The first-order chi connectivity index (χ1) is 14.1. The summed E-state index contributed by atoms with van der Waals surface area (Å²) >= 11 is 0. The Morgan fingerprint density at radius 2 is 2.00 bits per heavy atom. The number of aromatic hydroxyl groups is 1. The van der Waals surface area contributed by atoms with E-state index in [9.17, 15) is 9.90 Å². The van der Waals surface area contributed by atoms with E-state index in [0.29, 0.717) is 12.0 Å². The van der Waals surface area contributed by atoms with Crippen molar-refractivity contribution in [3.05, 3.63) is 34.9 Å². The molecule has 0 bridgehead atoms. The van der Waals surface area contributed by atoms with Crippen LogP contribution in [0.1, 0.15) is 83.3 Å². The number of phenols is 1. The molecule has 1 aliphatic carbocycles. The van der Waals surface area contributed by atoms with Crippen LogP contribution in [0.15, 0.2) is 23.8 Å². The highest BCUT2D eigenvalue weighted by atomic mass is 16.5. The van der Waals surface area contributed by atoms with Crippen LogP contribution in [0.5, 0.6) is 11.5 Å². The number of hydrogen-bond donors (Lipinski definition) is 2. The van der Waals surface area contributed by atoms with Crippen molar-refractivity contribution >= 4 is 5.97 Å². The molecule has 2 atom stereocenters. The monoisotopic (exact) mass is 416 g/mol. The number of fused-ring (bicyclic) bond motifs is 3. The molecule has 5 heteroatoms. The van der Waals surface area contributed by atoms with Gasteiger partial charge < -0.3 is 19.7 Å². The predicted octanol–water partition coefficient (Wildman–Crippen LogP) is 4.99. The Kier molecular flexibility index (Phi) is 6.51. The molecular weight excluding hydrogens is 380 g/mol. The lowest BCUT2D eigenvalue weighted by Crippen LogP contribution is -2.46. The Morgan fingerprint density at radius 3 is 2.67 bits per heavy atom. The highest BCUT2D eigenvalue weighted by Crippen LogP contribution is 2.55. The highest BCUT2D eigenvalue weighted by Gasteiger charge is 2.47. The number of carbonyl (C=O) groups is 1. The van der Waals surface area contributed by atoms with Gasteiger partial charge in [0, 0.05) is 29.6 Å². The summed E-state index contributed by atoms with van der Waals surface area (Å²) in [5.74, 6) is 0.888. The second kappa shape index (κ2) is 8.62. The number of allylic oxidation sites excluding steroid dienone is 1. The number of benzene rings is 1. The SMILES string of the molecule is COC(=O)C1=CCC2C(C1)c1c(O)cc(C(C)(C)CCCCCO)cc1OC2(C)C. The number of rotatable bonds is 7. The smallest absolute Gasteiger partial charge is 0.333 e. The van der Waals surface area contributed by atoms with Gasteiger partial charge in [0.15, 0.2) is 0 Å². The highest BCUT2D eigenvalue weighted by molar-refractivity contribution is 5.88. The molecule has 30 heavy (non-hydrogen) atoms. The van der Waals surface area contributed by atoms with E-state index in [1.54, 1.807) is 0 Å². The number of aliphatic hydroxyl groups excluding tert-OH is 1. The van der Waals surface area contributed by atoms with Crippen LogP contribution >= 0.6 is 0 Å². The third kappa shape index (κ3) is 4.36. The van der Waals surface area contributed by atoms with Gasteiger partial charge in [0.05, 0.1) is 7.11 Å². The molecule has 1 aromatic rings. The molecule has 2 unspecified atom stereocenters. The molecule has 0 saturated carbocycles. The summed E-state index contributed by atoms with van der Waals surface area (Å²) in [5, 5.41) is 20.1. The van der Waals surface area contributed by atoms with Gasteiger partial charge in [-0.1, -0.05) is 32.8 Å². The molecule has 1 heterocycles. The van der Waals surface area contributed by atoms with Crippen molar-refractivity contribution in [3.8, 4) is 11.5 Å². The summed E-state index contributed by atoms with van der Waals surface area (Å²) in [6.45, 7) is 8.78. The van der Waals surface area contributed by atoms with Gasteiger partial charge >= 0.3 is 5.97 Å². The summed E-state index contributed by atoms with van der Waals surface area (Å²) in [6.07, 6.45) is 7.04. The lowest BCUT2D eigenvalue weighted by atomic mass is 9.66. The maximum absolute atomic E-state index is 12.1. The number of hydrogen-bond acceptors (Lipinski definition) is 5. The van der Waals surface area contributed by atoms with Gasteiger partial charge in [0.1, 0.15) is 17.1 Å². The fourth-order valence-corrected chi connectivity index (χ4v) is 5.08. The Bertz CT molecular complexity index is 821. The van der Waals surface area contributed by atoms with Crippen LogP contribution in [0.25, 0.3) is 0 Å². The largest absolute Gasteiger partial charge is 0.508 e. The maximum atomic E-state index is 12.1. The third-order valence-corrected chi connectivity index (χ3v) is 6.99. The number of ether oxygens (including phenoxy) is 2. The van der Waals surface area contributed by atoms with Gasteiger partial charge in [-0.05, 0) is 62.6 Å². The average Bonchev–Trinajstić information content (AvgIpc) is 2.69. The average molecular weight is 417 g/mol. The molecule has 0 radical (unpaired) electrons. The van der Waals surface area contributed by atoms with E-state index in [1.165, 1.54) is 7.11 Å². The molecular formula is C25H36O5. The van der Waals surface area contributed by atoms with Gasteiger partial charge in [0.25, 0.3) is 0 Å². The van der Waals surface area contributed by atoms with Crippen LogP contribution in [-0.4, -0.2) is 35.5 Å². The summed E-state index contributed by atoms with van der Waals surface area (Å²) in [6, 6.07) is 3.95. The second-order valence-electron chi connectivity index (χ2n) is 9.90. The molecule has 2 N–H and O–H groups in total. The number of carbonyl (C=O) groups excluding carboxylic acids is 1.